The van der Waals surface area contributed by atoms with Crippen LogP contribution in [0.4, 0.5) is 4.39 Å². The molecule has 0 fully saturated rings. The molecule has 0 aliphatic carbocycles. The highest BCUT2D eigenvalue weighted by Crippen LogP contribution is 2.29. The van der Waals surface area contributed by atoms with Gasteiger partial charge in [0.2, 0.25) is 0 Å². The predicted molar refractivity (Wildman–Crippen MR) is 146 cm³/mol. The minimum Gasteiger partial charge on any atom is -0.275 e. The number of aryl methyl sites for hydroxylation is 1. The topological polar surface area (TPSA) is 39.8 Å². The van der Waals surface area contributed by atoms with Crippen molar-refractivity contribution in [3.05, 3.63) is 109 Å². The lowest BCUT2D eigenvalue weighted by atomic mass is 10.1. The van der Waals surface area contributed by atoms with E-state index < -0.39 is 0 Å². The number of fused-ring (bicyclic) bond motifs is 1. The van der Waals surface area contributed by atoms with E-state index in [1.807, 2.05) is 41.0 Å². The molecule has 0 aliphatic rings. The summed E-state index contributed by atoms with van der Waals surface area (Å²) < 4.78 is 18.0. The van der Waals surface area contributed by atoms with Crippen LogP contribution in [0, 0.1) is 9.77 Å². The number of benzene rings is 3. The summed E-state index contributed by atoms with van der Waals surface area (Å²) in [6.45, 7) is 2.10. The van der Waals surface area contributed by atoms with Gasteiger partial charge < -0.3 is 0 Å². The lowest BCUT2D eigenvalue weighted by molar-refractivity contribution is 0.627. The number of rotatable bonds is 6. The second kappa shape index (κ2) is 10.1. The molecule has 0 atom stereocenters. The van der Waals surface area contributed by atoms with E-state index in [9.17, 15) is 9.18 Å². The van der Waals surface area contributed by atoms with Crippen LogP contribution in [0.2, 0.25) is 5.02 Å². The molecule has 35 heavy (non-hydrogen) atoms. The number of nitrogens with zero attached hydrogens (tertiary/aromatic N) is 3. The zero-order chi connectivity index (χ0) is 24.5. The molecule has 5 rings (SSSR count). The lowest BCUT2D eigenvalue weighted by Crippen LogP contribution is -2.21. The number of halogens is 2. The third-order valence-corrected chi connectivity index (χ3v) is 8.16. The van der Waals surface area contributed by atoms with Gasteiger partial charge in [-0.05, 0) is 78.3 Å². The molecule has 5 aromatic rings. The number of thiazole rings is 1. The molecule has 0 saturated carbocycles. The molecule has 2 aromatic heterocycles. The van der Waals surface area contributed by atoms with Crippen LogP contribution >= 0.6 is 46.9 Å². The molecule has 176 valence electrons. The van der Waals surface area contributed by atoms with Gasteiger partial charge in [0.25, 0.3) is 5.56 Å². The Morgan fingerprint density at radius 2 is 1.54 bits per heavy atom. The van der Waals surface area contributed by atoms with Crippen LogP contribution in [0.15, 0.2) is 82.7 Å². The van der Waals surface area contributed by atoms with Gasteiger partial charge >= 0.3 is 0 Å². The highest BCUT2D eigenvalue weighted by atomic mass is 35.5. The normalized spacial score (nSPS) is 11.3. The Morgan fingerprint density at radius 1 is 0.943 bits per heavy atom. The van der Waals surface area contributed by atoms with Crippen molar-refractivity contribution in [3.63, 3.8) is 0 Å². The quantitative estimate of drug-likeness (QED) is 0.126. The fourth-order valence-electron chi connectivity index (χ4n) is 3.69. The summed E-state index contributed by atoms with van der Waals surface area (Å²) in [5.41, 5.74) is 3.94. The van der Waals surface area contributed by atoms with Crippen LogP contribution in [0.1, 0.15) is 18.1 Å². The van der Waals surface area contributed by atoms with Crippen molar-refractivity contribution in [1.29, 1.82) is 0 Å². The van der Waals surface area contributed by atoms with Crippen molar-refractivity contribution in [3.8, 4) is 11.4 Å². The molecule has 0 spiro atoms. The maximum Gasteiger partial charge on any atom is 0.278 e. The minimum atomic E-state index is -0.372. The van der Waals surface area contributed by atoms with Crippen molar-refractivity contribution in [2.24, 2.45) is 0 Å². The summed E-state index contributed by atoms with van der Waals surface area (Å²) in [6, 6.07) is 21.5. The lowest BCUT2D eigenvalue weighted by Gasteiger charge is -2.13. The first kappa shape index (κ1) is 23.9. The summed E-state index contributed by atoms with van der Waals surface area (Å²) in [4.78, 5) is 18.7. The molecule has 4 nitrogen and oxygen atoms in total. The van der Waals surface area contributed by atoms with Gasteiger partial charge in [0.05, 0.1) is 5.69 Å². The van der Waals surface area contributed by atoms with E-state index in [1.165, 1.54) is 45.4 Å². The Labute approximate surface area is 219 Å². The number of aromatic nitrogens is 3. The molecule has 9 heteroatoms. The SMILES string of the molecule is CCc1ccc(-n2c(=S)sc3c(=O)n(-c4ccc(F)cc4)c(SCc4ccc(Cl)cc4)nc32)cc1. The maximum absolute atomic E-state index is 13.7. The van der Waals surface area contributed by atoms with E-state index in [0.717, 1.165) is 17.7 Å². The molecule has 0 radical (unpaired) electrons. The Morgan fingerprint density at radius 3 is 2.20 bits per heavy atom. The molecular weight excluding hydrogens is 521 g/mol. The zero-order valence-electron chi connectivity index (χ0n) is 18.6. The predicted octanol–water partition coefficient (Wildman–Crippen LogP) is 7.61. The van der Waals surface area contributed by atoms with Gasteiger partial charge in [-0.15, -0.1) is 0 Å². The van der Waals surface area contributed by atoms with Gasteiger partial charge in [0, 0.05) is 16.5 Å². The molecule has 0 amide bonds. The zero-order valence-corrected chi connectivity index (χ0v) is 21.8. The van der Waals surface area contributed by atoms with Gasteiger partial charge in [0.1, 0.15) is 10.5 Å². The van der Waals surface area contributed by atoms with Crippen molar-refractivity contribution < 1.29 is 4.39 Å². The van der Waals surface area contributed by atoms with Gasteiger partial charge in [0.15, 0.2) is 14.8 Å². The first-order valence-corrected chi connectivity index (χ1v) is 13.4. The molecule has 0 bridgehead atoms. The molecule has 2 heterocycles. The summed E-state index contributed by atoms with van der Waals surface area (Å²) in [5, 5.41) is 1.16. The van der Waals surface area contributed by atoms with Crippen LogP contribution < -0.4 is 5.56 Å². The van der Waals surface area contributed by atoms with E-state index in [4.69, 9.17) is 28.8 Å². The second-order valence-electron chi connectivity index (χ2n) is 7.80. The van der Waals surface area contributed by atoms with Crippen LogP contribution in [-0.4, -0.2) is 14.1 Å². The van der Waals surface area contributed by atoms with E-state index >= 15 is 0 Å². The smallest absolute Gasteiger partial charge is 0.275 e. The maximum atomic E-state index is 13.7. The molecule has 0 saturated heterocycles. The molecule has 0 N–H and O–H groups in total. The standard InChI is InChI=1S/C26H19ClFN3OS3/c1-2-16-5-11-20(12-6-16)30-23-22(35-26(30)33)24(32)31(21-13-9-19(28)10-14-21)25(29-23)34-15-17-3-7-18(27)8-4-17/h3-14H,2,15H2,1H3. The fourth-order valence-corrected chi connectivity index (χ4v) is 6.08. The van der Waals surface area contributed by atoms with Crippen LogP contribution in [0.3, 0.4) is 0 Å². The van der Waals surface area contributed by atoms with Gasteiger partial charge in [-0.2, -0.15) is 0 Å². The highest BCUT2D eigenvalue weighted by Gasteiger charge is 2.19. The Kier molecular flexibility index (Phi) is 6.88. The Balaban J connectivity index is 1.69. The van der Waals surface area contributed by atoms with Crippen molar-refractivity contribution in [2.45, 2.75) is 24.3 Å². The monoisotopic (exact) mass is 539 g/mol. The minimum absolute atomic E-state index is 0.236. The molecule has 3 aromatic carbocycles. The van der Waals surface area contributed by atoms with Gasteiger partial charge in [-0.25, -0.2) is 9.37 Å². The third-order valence-electron chi connectivity index (χ3n) is 5.55. The van der Waals surface area contributed by atoms with E-state index in [0.29, 0.717) is 35.9 Å². The average molecular weight is 540 g/mol. The number of thioether (sulfide) groups is 1. The van der Waals surface area contributed by atoms with Gasteiger partial charge in [-0.3, -0.25) is 13.9 Å². The summed E-state index contributed by atoms with van der Waals surface area (Å²) in [7, 11) is 0. The first-order chi connectivity index (χ1) is 16.9. The van der Waals surface area contributed by atoms with E-state index in [1.54, 1.807) is 12.1 Å². The van der Waals surface area contributed by atoms with E-state index in [-0.39, 0.29) is 11.4 Å². The molecule has 0 unspecified atom stereocenters. The van der Waals surface area contributed by atoms with Crippen molar-refractivity contribution in [1.82, 2.24) is 14.1 Å². The second-order valence-corrected chi connectivity index (χ2v) is 10.8. The summed E-state index contributed by atoms with van der Waals surface area (Å²) in [6.07, 6.45) is 0.933. The molecule has 0 aliphatic heterocycles. The average Bonchev–Trinajstić information content (AvgIpc) is 3.20. The van der Waals surface area contributed by atoms with Crippen molar-refractivity contribution in [2.75, 3.05) is 0 Å². The van der Waals surface area contributed by atoms with Crippen LogP contribution in [0.25, 0.3) is 21.7 Å². The first-order valence-electron chi connectivity index (χ1n) is 10.9. The number of hydrogen-bond donors (Lipinski definition) is 0. The summed E-state index contributed by atoms with van der Waals surface area (Å²) in [5.74, 6) is 0.204. The summed E-state index contributed by atoms with van der Waals surface area (Å²) >= 11 is 14.3. The number of hydrogen-bond acceptors (Lipinski definition) is 5. The van der Waals surface area contributed by atoms with Crippen LogP contribution in [0.5, 0.6) is 0 Å². The van der Waals surface area contributed by atoms with Gasteiger partial charge in [-0.1, -0.05) is 65.9 Å². The largest absolute Gasteiger partial charge is 0.278 e. The van der Waals surface area contributed by atoms with E-state index in [2.05, 4.69) is 19.1 Å². The highest BCUT2D eigenvalue weighted by molar-refractivity contribution is 7.98. The molecular formula is C26H19ClFN3OS3. The van der Waals surface area contributed by atoms with Crippen molar-refractivity contribution >= 4 is 57.3 Å². The fraction of sp³-hybridized carbons (Fsp3) is 0.115. The Bertz CT molecular complexity index is 1620. The Hall–Kier alpha value is -2.78. The van der Waals surface area contributed by atoms with Crippen LogP contribution in [-0.2, 0) is 12.2 Å². The third kappa shape index (κ3) is 4.84.